The van der Waals surface area contributed by atoms with Gasteiger partial charge in [0.2, 0.25) is 10.0 Å². The van der Waals surface area contributed by atoms with Gasteiger partial charge in [0.25, 0.3) is 0 Å². The molecule has 1 atom stereocenters. The van der Waals surface area contributed by atoms with Crippen LogP contribution < -0.4 is 9.46 Å². The van der Waals surface area contributed by atoms with Gasteiger partial charge in [-0.3, -0.25) is 4.72 Å². The molecule has 8 heteroatoms. The van der Waals surface area contributed by atoms with Crippen LogP contribution in [0.5, 0.6) is 5.75 Å². The van der Waals surface area contributed by atoms with E-state index in [1.807, 2.05) is 25.1 Å². The topological polar surface area (TPSA) is 81.7 Å². The summed E-state index contributed by atoms with van der Waals surface area (Å²) in [6.45, 7) is 5.34. The first-order chi connectivity index (χ1) is 12.0. The van der Waals surface area contributed by atoms with Gasteiger partial charge in [0.1, 0.15) is 11.5 Å². The summed E-state index contributed by atoms with van der Waals surface area (Å²) in [6.07, 6.45) is 1.09. The van der Waals surface area contributed by atoms with Gasteiger partial charge in [0.15, 0.2) is 0 Å². The molecule has 0 radical (unpaired) electrons. The van der Waals surface area contributed by atoms with Crippen molar-refractivity contribution in [3.8, 4) is 5.75 Å². The van der Waals surface area contributed by atoms with Gasteiger partial charge >= 0.3 is 0 Å². The minimum Gasteiger partial charge on any atom is -0.782 e. The number of benzene rings is 2. The second-order valence-electron chi connectivity index (χ2n) is 6.90. The van der Waals surface area contributed by atoms with E-state index >= 15 is 0 Å². The number of hydrogen-bond donors (Lipinski definition) is 1. The van der Waals surface area contributed by atoms with Gasteiger partial charge in [-0.05, 0) is 50.1 Å². The predicted octanol–water partition coefficient (Wildman–Crippen LogP) is 4.15. The van der Waals surface area contributed by atoms with Crippen LogP contribution in [0.2, 0.25) is 0 Å². The fourth-order valence-corrected chi connectivity index (χ4v) is 4.15. The number of sulfonamides is 1. The van der Waals surface area contributed by atoms with E-state index < -0.39 is 21.8 Å². The van der Waals surface area contributed by atoms with Crippen LogP contribution in [-0.2, 0) is 10.0 Å². The highest BCUT2D eigenvalue weighted by Crippen LogP contribution is 2.45. The molecule has 26 heavy (non-hydrogen) atoms. The van der Waals surface area contributed by atoms with Crippen molar-refractivity contribution in [1.82, 2.24) is 5.06 Å². The smallest absolute Gasteiger partial charge is 0.229 e. The molecule has 1 N–H and O–H groups in total. The molecule has 2 aromatic carbocycles. The second-order valence-corrected chi connectivity index (χ2v) is 9.57. The van der Waals surface area contributed by atoms with Gasteiger partial charge in [-0.1, -0.05) is 28.1 Å². The monoisotopic (exact) mass is 439 g/mol. The van der Waals surface area contributed by atoms with Crippen molar-refractivity contribution in [2.75, 3.05) is 11.0 Å². The van der Waals surface area contributed by atoms with Crippen molar-refractivity contribution in [1.29, 1.82) is 0 Å². The minimum absolute atomic E-state index is 0.396. The first kappa shape index (κ1) is 19.2. The lowest BCUT2D eigenvalue weighted by Crippen LogP contribution is -2.50. The van der Waals surface area contributed by atoms with Crippen molar-refractivity contribution in [2.45, 2.75) is 32.5 Å². The van der Waals surface area contributed by atoms with Crippen LogP contribution in [0.3, 0.4) is 0 Å². The van der Waals surface area contributed by atoms with Crippen LogP contribution in [0.1, 0.15) is 36.6 Å². The summed E-state index contributed by atoms with van der Waals surface area (Å²) in [6, 6.07) is 10.2. The van der Waals surface area contributed by atoms with Crippen molar-refractivity contribution in [2.24, 2.45) is 0 Å². The maximum absolute atomic E-state index is 13.0. The lowest BCUT2D eigenvalue weighted by atomic mass is 9.91. The molecule has 3 rings (SSSR count). The molecule has 1 heterocycles. The van der Waals surface area contributed by atoms with Crippen LogP contribution >= 0.6 is 15.9 Å². The fourth-order valence-electron chi connectivity index (χ4n) is 3.12. The molecular formula is C18H20BrN2O4S-. The van der Waals surface area contributed by atoms with Crippen molar-refractivity contribution >= 4 is 31.6 Å². The first-order valence-electron chi connectivity index (χ1n) is 8.01. The highest BCUT2D eigenvalue weighted by molar-refractivity contribution is 9.10. The summed E-state index contributed by atoms with van der Waals surface area (Å²) in [5.41, 5.74) is 1.86. The molecule has 1 unspecified atom stereocenters. The van der Waals surface area contributed by atoms with E-state index in [1.165, 1.54) is 0 Å². The number of rotatable bonds is 3. The van der Waals surface area contributed by atoms with Gasteiger partial charge in [-0.25, -0.2) is 8.42 Å². The number of fused-ring (bicyclic) bond motifs is 1. The zero-order chi connectivity index (χ0) is 19.3. The van der Waals surface area contributed by atoms with Crippen LogP contribution in [-0.4, -0.2) is 25.5 Å². The third-order valence-corrected chi connectivity index (χ3v) is 5.36. The lowest BCUT2D eigenvalue weighted by Gasteiger charge is -2.53. The largest absolute Gasteiger partial charge is 0.782 e. The zero-order valence-corrected chi connectivity index (χ0v) is 17.3. The normalized spacial score (nSPS) is 19.5. The molecule has 140 valence electrons. The second kappa shape index (κ2) is 6.53. The summed E-state index contributed by atoms with van der Waals surface area (Å²) in [5.74, 6) is 0.489. The summed E-state index contributed by atoms with van der Waals surface area (Å²) in [7, 11) is -3.40. The number of aryl methyl sites for hydroxylation is 1. The quantitative estimate of drug-likeness (QED) is 0.776. The van der Waals surface area contributed by atoms with E-state index in [4.69, 9.17) is 4.74 Å². The Bertz CT molecular complexity index is 960. The van der Waals surface area contributed by atoms with Crippen LogP contribution in [0.15, 0.2) is 40.9 Å². The minimum atomic E-state index is -3.40. The average molecular weight is 440 g/mol. The molecule has 0 bridgehead atoms. The maximum Gasteiger partial charge on any atom is 0.229 e. The SMILES string of the molecule is Cc1cc(Br)ccc1C1c2ccc(NS(C)(=O)=O)cc2OC(C)(C)N1[O-]. The summed E-state index contributed by atoms with van der Waals surface area (Å²) >= 11 is 3.45. The van der Waals surface area contributed by atoms with E-state index in [9.17, 15) is 13.6 Å². The Morgan fingerprint density at radius 3 is 2.46 bits per heavy atom. The number of ether oxygens (including phenoxy) is 1. The third kappa shape index (κ3) is 3.73. The molecule has 0 spiro atoms. The van der Waals surface area contributed by atoms with Crippen LogP contribution in [0.25, 0.3) is 0 Å². The van der Waals surface area contributed by atoms with Crippen LogP contribution in [0.4, 0.5) is 5.69 Å². The van der Waals surface area contributed by atoms with Gasteiger partial charge in [-0.2, -0.15) is 0 Å². The number of hydroxylamine groups is 2. The lowest BCUT2D eigenvalue weighted by molar-refractivity contribution is -0.0602. The molecule has 0 aromatic heterocycles. The Kier molecular flexibility index (Phi) is 4.81. The number of hydrogen-bond acceptors (Lipinski definition) is 5. The molecule has 0 aliphatic carbocycles. The molecule has 6 nitrogen and oxygen atoms in total. The molecular weight excluding hydrogens is 420 g/mol. The van der Waals surface area contributed by atoms with E-state index in [0.29, 0.717) is 17.0 Å². The molecule has 0 amide bonds. The van der Waals surface area contributed by atoms with Gasteiger partial charge in [-0.15, -0.1) is 0 Å². The molecule has 2 aromatic rings. The van der Waals surface area contributed by atoms with Crippen LogP contribution in [0, 0.1) is 12.1 Å². The highest BCUT2D eigenvalue weighted by atomic mass is 79.9. The van der Waals surface area contributed by atoms with Gasteiger partial charge < -0.3 is 15.0 Å². The molecule has 0 fully saturated rings. The molecule has 1 aliphatic rings. The van der Waals surface area contributed by atoms with Gasteiger partial charge in [0.05, 0.1) is 18.0 Å². The van der Waals surface area contributed by atoms with Gasteiger partial charge in [0, 0.05) is 16.1 Å². The molecule has 1 aliphatic heterocycles. The van der Waals surface area contributed by atoms with E-state index in [0.717, 1.165) is 26.9 Å². The Morgan fingerprint density at radius 2 is 1.85 bits per heavy atom. The summed E-state index contributed by atoms with van der Waals surface area (Å²) in [5, 5.41) is 14.0. The zero-order valence-electron chi connectivity index (χ0n) is 14.9. The number of halogens is 1. The first-order valence-corrected chi connectivity index (χ1v) is 10.7. The van der Waals surface area contributed by atoms with E-state index in [2.05, 4.69) is 20.7 Å². The fraction of sp³-hybridized carbons (Fsp3) is 0.333. The average Bonchev–Trinajstić information content (AvgIpc) is 2.48. The number of anilines is 1. The third-order valence-electron chi connectivity index (χ3n) is 4.26. The van der Waals surface area contributed by atoms with Crippen molar-refractivity contribution < 1.29 is 13.2 Å². The molecule has 0 saturated heterocycles. The Hall–Kier alpha value is -1.61. The van der Waals surface area contributed by atoms with E-state index in [1.54, 1.807) is 32.0 Å². The van der Waals surface area contributed by atoms with Crippen molar-refractivity contribution in [3.05, 3.63) is 62.8 Å². The Labute approximate surface area is 161 Å². The Morgan fingerprint density at radius 1 is 1.19 bits per heavy atom. The predicted molar refractivity (Wildman–Crippen MR) is 106 cm³/mol. The standard InChI is InChI=1S/C18H20BrN2O4S/c1-11-9-12(19)5-7-14(11)17-15-8-6-13(20-26(4,23)24)10-16(15)25-18(2,3)21(17)22/h5-10,17,20H,1-4H3/q-1. The summed E-state index contributed by atoms with van der Waals surface area (Å²) < 4.78 is 32.2. The number of nitrogens with zero attached hydrogens (tertiary/aromatic N) is 1. The Balaban J connectivity index is 2.14. The highest BCUT2D eigenvalue weighted by Gasteiger charge is 2.37. The molecule has 0 saturated carbocycles. The van der Waals surface area contributed by atoms with Crippen molar-refractivity contribution in [3.63, 3.8) is 0 Å². The number of nitrogens with one attached hydrogen (secondary N) is 1. The summed E-state index contributed by atoms with van der Waals surface area (Å²) in [4.78, 5) is 0. The van der Waals surface area contributed by atoms with E-state index in [-0.39, 0.29) is 0 Å². The maximum atomic E-state index is 13.0.